The number of hydrogen-bond acceptors (Lipinski definition) is 8. The molecule has 2 heterocycles. The Balaban J connectivity index is 1.93. The minimum atomic E-state index is -0.572. The minimum Gasteiger partial charge on any atom is -0.453 e. The van der Waals surface area contributed by atoms with E-state index in [4.69, 9.17) is 10.00 Å². The van der Waals surface area contributed by atoms with Crippen LogP contribution >= 0.6 is 11.5 Å². The van der Waals surface area contributed by atoms with E-state index in [9.17, 15) is 9.59 Å². The highest BCUT2D eigenvalue weighted by Gasteiger charge is 2.18. The van der Waals surface area contributed by atoms with Gasteiger partial charge in [-0.15, -0.1) is 5.10 Å². The van der Waals surface area contributed by atoms with Crippen LogP contribution in [0.5, 0.6) is 0 Å². The second-order valence-electron chi connectivity index (χ2n) is 5.07. The second kappa shape index (κ2) is 7.19. The fourth-order valence-corrected chi connectivity index (χ4v) is 2.99. The topological polar surface area (TPSA) is 111 Å². The van der Waals surface area contributed by atoms with E-state index >= 15 is 0 Å². The predicted octanol–water partition coefficient (Wildman–Crippen LogP) is 1.69. The predicted molar refractivity (Wildman–Crippen MR) is 90.0 cm³/mol. The average Bonchev–Trinajstić information content (AvgIpc) is 3.11. The van der Waals surface area contributed by atoms with Gasteiger partial charge in [0, 0.05) is 0 Å². The summed E-state index contributed by atoms with van der Waals surface area (Å²) in [4.78, 5) is 29.4. The van der Waals surface area contributed by atoms with Crippen LogP contribution in [0.4, 0.5) is 0 Å². The van der Waals surface area contributed by atoms with Crippen molar-refractivity contribution in [3.63, 3.8) is 0 Å². The van der Waals surface area contributed by atoms with Crippen molar-refractivity contribution in [2.45, 2.75) is 26.5 Å². The molecule has 3 aromatic rings. The van der Waals surface area contributed by atoms with Crippen LogP contribution in [0.25, 0.3) is 10.9 Å². The third-order valence-corrected chi connectivity index (χ3v) is 4.33. The lowest BCUT2D eigenvalue weighted by molar-refractivity contribution is 0.0461. The minimum absolute atomic E-state index is 0.175. The lowest BCUT2D eigenvalue weighted by Crippen LogP contribution is -2.26. The molecule has 0 saturated carbocycles. The van der Waals surface area contributed by atoms with E-state index in [1.54, 1.807) is 24.3 Å². The van der Waals surface area contributed by atoms with Crippen molar-refractivity contribution in [2.75, 3.05) is 0 Å². The smallest absolute Gasteiger partial charge is 0.352 e. The number of nitrogens with zero attached hydrogens (tertiary/aromatic N) is 5. The Bertz CT molecular complexity index is 1030. The van der Waals surface area contributed by atoms with E-state index in [2.05, 4.69) is 14.6 Å². The molecule has 0 N–H and O–H groups in total. The highest BCUT2D eigenvalue weighted by molar-refractivity contribution is 7.07. The molecule has 0 fully saturated rings. The Morgan fingerprint density at radius 1 is 1.40 bits per heavy atom. The van der Waals surface area contributed by atoms with E-state index in [-0.39, 0.29) is 24.5 Å². The zero-order valence-electron chi connectivity index (χ0n) is 13.3. The van der Waals surface area contributed by atoms with Gasteiger partial charge in [-0.05, 0) is 30.1 Å². The Morgan fingerprint density at radius 2 is 2.20 bits per heavy atom. The van der Waals surface area contributed by atoms with Gasteiger partial charge in [-0.2, -0.15) is 5.26 Å². The summed E-state index contributed by atoms with van der Waals surface area (Å²) in [5.74, 6) is -0.355. The number of aromatic nitrogens is 4. The Kier molecular flexibility index (Phi) is 4.81. The summed E-state index contributed by atoms with van der Waals surface area (Å²) in [5, 5.41) is 13.3. The number of nitriles is 1. The van der Waals surface area contributed by atoms with E-state index in [1.807, 2.05) is 13.0 Å². The summed E-state index contributed by atoms with van der Waals surface area (Å²) in [5.41, 5.74) is 0.712. The first-order valence-corrected chi connectivity index (χ1v) is 8.26. The largest absolute Gasteiger partial charge is 0.453 e. The number of ether oxygens (including phenoxy) is 1. The maximum Gasteiger partial charge on any atom is 0.352 e. The van der Waals surface area contributed by atoms with Gasteiger partial charge in [0.1, 0.15) is 13.2 Å². The summed E-state index contributed by atoms with van der Waals surface area (Å²) in [6.07, 6.45) is 0.564. The quantitative estimate of drug-likeness (QED) is 0.640. The summed E-state index contributed by atoms with van der Waals surface area (Å²) in [7, 11) is 0. The van der Waals surface area contributed by atoms with Gasteiger partial charge in [0.25, 0.3) is 5.56 Å². The number of rotatable bonds is 5. The number of para-hydroxylation sites is 1. The second-order valence-corrected chi connectivity index (χ2v) is 5.83. The highest BCUT2D eigenvalue weighted by atomic mass is 32.1. The van der Waals surface area contributed by atoms with Crippen molar-refractivity contribution in [1.29, 1.82) is 5.26 Å². The van der Waals surface area contributed by atoms with Crippen molar-refractivity contribution >= 4 is 28.4 Å². The van der Waals surface area contributed by atoms with Crippen molar-refractivity contribution in [2.24, 2.45) is 0 Å². The molecule has 0 radical (unpaired) electrons. The van der Waals surface area contributed by atoms with Gasteiger partial charge in [-0.1, -0.05) is 23.5 Å². The molecule has 0 aliphatic carbocycles. The number of aryl methyl sites for hydroxylation is 1. The van der Waals surface area contributed by atoms with Crippen LogP contribution in [0.15, 0.2) is 29.1 Å². The monoisotopic (exact) mass is 355 g/mol. The molecule has 1 aromatic carbocycles. The Hall–Kier alpha value is -3.12. The van der Waals surface area contributed by atoms with Gasteiger partial charge >= 0.3 is 5.97 Å². The SMILES string of the molecule is CCc1nnsc1C(=O)OCc1nc2ccccc2c(=O)n1CC#N. The molecule has 0 atom stereocenters. The van der Waals surface area contributed by atoms with E-state index in [0.29, 0.717) is 27.9 Å². The fraction of sp³-hybridized carbons (Fsp3) is 0.250. The third kappa shape index (κ3) is 3.25. The Morgan fingerprint density at radius 3 is 2.96 bits per heavy atom. The molecule has 0 saturated heterocycles. The van der Waals surface area contributed by atoms with Crippen molar-refractivity contribution in [3.05, 3.63) is 51.0 Å². The van der Waals surface area contributed by atoms with Gasteiger partial charge in [0.05, 0.1) is 22.7 Å². The molecular weight excluding hydrogens is 342 g/mol. The molecule has 0 spiro atoms. The lowest BCUT2D eigenvalue weighted by Gasteiger charge is -2.11. The number of fused-ring (bicyclic) bond motifs is 1. The normalized spacial score (nSPS) is 10.6. The number of hydrogen-bond donors (Lipinski definition) is 0. The number of carbonyl (C=O) groups is 1. The molecule has 9 heteroatoms. The molecule has 126 valence electrons. The summed E-state index contributed by atoms with van der Waals surface area (Å²) in [6.45, 7) is 1.47. The molecular formula is C16H13N5O3S. The van der Waals surface area contributed by atoms with Gasteiger partial charge in [0.2, 0.25) is 0 Å². The first-order valence-electron chi connectivity index (χ1n) is 7.49. The summed E-state index contributed by atoms with van der Waals surface area (Å²) < 4.78 is 10.2. The van der Waals surface area contributed by atoms with Crippen LogP contribution in [0.3, 0.4) is 0 Å². The van der Waals surface area contributed by atoms with Gasteiger partial charge in [-0.3, -0.25) is 9.36 Å². The molecule has 0 amide bonds. The Labute approximate surface area is 146 Å². The highest BCUT2D eigenvalue weighted by Crippen LogP contribution is 2.14. The maximum atomic E-state index is 12.5. The van der Waals surface area contributed by atoms with E-state index < -0.39 is 5.97 Å². The molecule has 3 rings (SSSR count). The van der Waals surface area contributed by atoms with Gasteiger partial charge < -0.3 is 4.74 Å². The van der Waals surface area contributed by atoms with Crippen LogP contribution in [0.2, 0.25) is 0 Å². The fourth-order valence-electron chi connectivity index (χ4n) is 2.35. The zero-order valence-corrected chi connectivity index (χ0v) is 14.1. The molecule has 25 heavy (non-hydrogen) atoms. The van der Waals surface area contributed by atoms with Crippen LogP contribution in [-0.2, 0) is 24.3 Å². The van der Waals surface area contributed by atoms with Crippen LogP contribution in [0.1, 0.15) is 28.1 Å². The van der Waals surface area contributed by atoms with Crippen molar-refractivity contribution in [3.8, 4) is 6.07 Å². The molecule has 0 bridgehead atoms. The number of carbonyl (C=O) groups excluding carboxylic acids is 1. The first-order chi connectivity index (χ1) is 12.2. The standard InChI is InChI=1S/C16H13N5O3S/c1-2-11-14(25-20-19-11)16(23)24-9-13-18-12-6-4-3-5-10(12)15(22)21(13)8-7-17/h3-6H,2,8-9H2,1H3. The third-order valence-electron chi connectivity index (χ3n) is 3.58. The number of benzene rings is 1. The molecule has 2 aromatic heterocycles. The molecule has 0 aliphatic heterocycles. The van der Waals surface area contributed by atoms with Crippen LogP contribution in [-0.4, -0.2) is 25.1 Å². The summed E-state index contributed by atoms with van der Waals surface area (Å²) >= 11 is 0.961. The van der Waals surface area contributed by atoms with E-state index in [0.717, 1.165) is 11.5 Å². The van der Waals surface area contributed by atoms with Crippen LogP contribution < -0.4 is 5.56 Å². The zero-order chi connectivity index (χ0) is 17.8. The average molecular weight is 355 g/mol. The van der Waals surface area contributed by atoms with Crippen molar-refractivity contribution < 1.29 is 9.53 Å². The first kappa shape index (κ1) is 16.7. The molecule has 0 aliphatic rings. The molecule has 8 nitrogen and oxygen atoms in total. The van der Waals surface area contributed by atoms with Crippen molar-refractivity contribution in [1.82, 2.24) is 19.1 Å². The van der Waals surface area contributed by atoms with Crippen LogP contribution in [0, 0.1) is 11.3 Å². The lowest BCUT2D eigenvalue weighted by atomic mass is 10.2. The van der Waals surface area contributed by atoms with Gasteiger partial charge in [-0.25, -0.2) is 9.78 Å². The maximum absolute atomic E-state index is 12.5. The summed E-state index contributed by atoms with van der Waals surface area (Å²) in [6, 6.07) is 8.75. The van der Waals surface area contributed by atoms with E-state index in [1.165, 1.54) is 4.57 Å². The number of esters is 1. The molecule has 0 unspecified atom stereocenters. The van der Waals surface area contributed by atoms with Gasteiger partial charge in [0.15, 0.2) is 10.7 Å².